The number of nitrogens with one attached hydrogen (secondary N) is 1. The molecule has 0 aromatic carbocycles. The summed E-state index contributed by atoms with van der Waals surface area (Å²) in [6.45, 7) is 8.42. The van der Waals surface area contributed by atoms with Crippen molar-refractivity contribution in [1.29, 1.82) is 0 Å². The molecule has 19 heavy (non-hydrogen) atoms. The van der Waals surface area contributed by atoms with Crippen molar-refractivity contribution in [1.82, 2.24) is 4.98 Å². The summed E-state index contributed by atoms with van der Waals surface area (Å²) in [7, 11) is 0. The number of carbonyl (C=O) groups excluding carboxylic acids is 1. The van der Waals surface area contributed by atoms with Gasteiger partial charge in [-0.25, -0.2) is 9.78 Å². The van der Waals surface area contributed by atoms with E-state index >= 15 is 0 Å². The molecule has 1 rings (SSSR count). The van der Waals surface area contributed by atoms with E-state index in [1.807, 2.05) is 20.8 Å². The second-order valence-corrected chi connectivity index (χ2v) is 5.42. The molecule has 0 aliphatic rings. The molecular formula is C14H22N2O3. The third-order valence-electron chi connectivity index (χ3n) is 2.75. The normalized spacial score (nSPS) is 12.9. The number of hydrogen-bond donors (Lipinski definition) is 2. The molecule has 0 fully saturated rings. The van der Waals surface area contributed by atoms with E-state index in [2.05, 4.69) is 10.3 Å². The molecule has 5 nitrogen and oxygen atoms in total. The lowest BCUT2D eigenvalue weighted by Gasteiger charge is -2.26. The van der Waals surface area contributed by atoms with Gasteiger partial charge in [-0.05, 0) is 24.5 Å². The Bertz CT molecular complexity index is 410. The van der Waals surface area contributed by atoms with E-state index in [9.17, 15) is 9.90 Å². The van der Waals surface area contributed by atoms with Crippen molar-refractivity contribution in [2.45, 2.75) is 33.8 Å². The number of nitrogens with zero attached hydrogens (tertiary/aromatic N) is 1. The van der Waals surface area contributed by atoms with Crippen LogP contribution in [0.25, 0.3) is 0 Å². The molecule has 1 unspecified atom stereocenters. The molecule has 106 valence electrons. The van der Waals surface area contributed by atoms with Gasteiger partial charge in [0.2, 0.25) is 0 Å². The number of ether oxygens (including phenoxy) is 1. The highest BCUT2D eigenvalue weighted by Crippen LogP contribution is 2.19. The van der Waals surface area contributed by atoms with Crippen molar-refractivity contribution in [2.75, 3.05) is 18.5 Å². The van der Waals surface area contributed by atoms with Crippen LogP contribution in [0.15, 0.2) is 18.3 Å². The molecule has 2 N–H and O–H groups in total. The minimum atomic E-state index is -0.473. The first-order valence-corrected chi connectivity index (χ1v) is 6.39. The minimum Gasteiger partial charge on any atom is -0.462 e. The first-order chi connectivity index (χ1) is 8.84. The molecule has 0 spiro atoms. The van der Waals surface area contributed by atoms with E-state index in [1.54, 1.807) is 19.1 Å². The summed E-state index contributed by atoms with van der Waals surface area (Å²) in [5.41, 5.74) is 0.237. The number of aromatic nitrogens is 1. The molecule has 5 heteroatoms. The van der Waals surface area contributed by atoms with Crippen LogP contribution < -0.4 is 5.32 Å². The van der Waals surface area contributed by atoms with E-state index < -0.39 is 6.10 Å². The molecule has 0 saturated carbocycles. The number of anilines is 1. The fourth-order valence-electron chi connectivity index (χ4n) is 1.34. The van der Waals surface area contributed by atoms with Crippen molar-refractivity contribution >= 4 is 11.8 Å². The van der Waals surface area contributed by atoms with Gasteiger partial charge in [0.1, 0.15) is 5.82 Å². The van der Waals surface area contributed by atoms with Gasteiger partial charge in [-0.1, -0.05) is 20.8 Å². The van der Waals surface area contributed by atoms with E-state index in [0.717, 1.165) is 0 Å². The van der Waals surface area contributed by atoms with Gasteiger partial charge < -0.3 is 15.2 Å². The maximum absolute atomic E-state index is 11.4. The zero-order chi connectivity index (χ0) is 14.5. The van der Waals surface area contributed by atoms with Gasteiger partial charge in [-0.3, -0.25) is 0 Å². The van der Waals surface area contributed by atoms with Crippen molar-refractivity contribution in [3.05, 3.63) is 23.9 Å². The molecule has 1 heterocycles. The Hall–Kier alpha value is -1.62. The molecule has 0 aliphatic carbocycles. The molecule has 1 aromatic rings. The molecule has 0 aliphatic heterocycles. The number of rotatable bonds is 5. The third kappa shape index (κ3) is 4.87. The number of aliphatic hydroxyl groups excluding tert-OH is 1. The van der Waals surface area contributed by atoms with Crippen molar-refractivity contribution in [2.24, 2.45) is 5.41 Å². The van der Waals surface area contributed by atoms with Crippen LogP contribution in [0.3, 0.4) is 0 Å². The van der Waals surface area contributed by atoms with Crippen LogP contribution in [0.4, 0.5) is 5.82 Å². The quantitative estimate of drug-likeness (QED) is 0.798. The van der Waals surface area contributed by atoms with Gasteiger partial charge >= 0.3 is 5.97 Å². The molecule has 0 bridgehead atoms. The monoisotopic (exact) mass is 266 g/mol. The largest absolute Gasteiger partial charge is 0.462 e. The Labute approximate surface area is 114 Å². The van der Waals surface area contributed by atoms with Gasteiger partial charge in [0.05, 0.1) is 18.3 Å². The van der Waals surface area contributed by atoms with E-state index in [4.69, 9.17) is 4.74 Å². The summed E-state index contributed by atoms with van der Waals surface area (Å²) in [6.07, 6.45) is 0.989. The van der Waals surface area contributed by atoms with Gasteiger partial charge in [0.25, 0.3) is 0 Å². The summed E-state index contributed by atoms with van der Waals surface area (Å²) in [4.78, 5) is 15.5. The second-order valence-electron chi connectivity index (χ2n) is 5.42. The molecule has 1 aromatic heterocycles. The highest BCUT2D eigenvalue weighted by atomic mass is 16.5. The zero-order valence-corrected chi connectivity index (χ0v) is 11.9. The van der Waals surface area contributed by atoms with Crippen LogP contribution in [0.5, 0.6) is 0 Å². The number of aliphatic hydroxyl groups is 1. The Balaban J connectivity index is 2.56. The summed E-state index contributed by atoms with van der Waals surface area (Å²) in [5, 5.41) is 12.9. The van der Waals surface area contributed by atoms with E-state index in [0.29, 0.717) is 24.5 Å². The smallest absolute Gasteiger partial charge is 0.339 e. The molecule has 0 radical (unpaired) electrons. The highest BCUT2D eigenvalue weighted by molar-refractivity contribution is 5.89. The summed E-state index contributed by atoms with van der Waals surface area (Å²) >= 11 is 0. The van der Waals surface area contributed by atoms with Gasteiger partial charge in [0.15, 0.2) is 0 Å². The first kappa shape index (κ1) is 15.4. The fourth-order valence-corrected chi connectivity index (χ4v) is 1.34. The van der Waals surface area contributed by atoms with Crippen LogP contribution in [-0.4, -0.2) is 35.3 Å². The number of carbonyl (C=O) groups is 1. The first-order valence-electron chi connectivity index (χ1n) is 6.39. The van der Waals surface area contributed by atoms with Crippen LogP contribution in [0, 0.1) is 5.41 Å². The maximum Gasteiger partial charge on any atom is 0.339 e. The van der Waals surface area contributed by atoms with Gasteiger partial charge in [-0.2, -0.15) is 0 Å². The minimum absolute atomic E-state index is 0.183. The van der Waals surface area contributed by atoms with E-state index in [1.165, 1.54) is 6.20 Å². The number of pyridine rings is 1. The lowest BCUT2D eigenvalue weighted by molar-refractivity contribution is 0.0526. The zero-order valence-electron chi connectivity index (χ0n) is 11.9. The predicted octanol–water partition coefficient (Wildman–Crippen LogP) is 2.08. The summed E-state index contributed by atoms with van der Waals surface area (Å²) in [6, 6.07) is 3.35. The Morgan fingerprint density at radius 3 is 2.63 bits per heavy atom. The van der Waals surface area contributed by atoms with Crippen LogP contribution in [-0.2, 0) is 4.74 Å². The van der Waals surface area contributed by atoms with Crippen molar-refractivity contribution in [3.8, 4) is 0 Å². The number of esters is 1. The average molecular weight is 266 g/mol. The van der Waals surface area contributed by atoms with E-state index in [-0.39, 0.29) is 11.4 Å². The standard InChI is InChI=1S/C14H22N2O3/c1-5-19-13(18)10-6-7-12(15-8-10)16-9-11(17)14(2,3)4/h6-8,11,17H,5,9H2,1-4H3,(H,15,16). The lowest BCUT2D eigenvalue weighted by atomic mass is 9.89. The summed E-state index contributed by atoms with van der Waals surface area (Å²) < 4.78 is 4.87. The van der Waals surface area contributed by atoms with Crippen molar-refractivity contribution in [3.63, 3.8) is 0 Å². The third-order valence-corrected chi connectivity index (χ3v) is 2.75. The SMILES string of the molecule is CCOC(=O)c1ccc(NCC(O)C(C)(C)C)nc1. The lowest BCUT2D eigenvalue weighted by Crippen LogP contribution is -2.33. The molecule has 1 atom stereocenters. The predicted molar refractivity (Wildman–Crippen MR) is 74.1 cm³/mol. The molecule has 0 amide bonds. The van der Waals surface area contributed by atoms with Crippen LogP contribution in [0.2, 0.25) is 0 Å². The Morgan fingerprint density at radius 2 is 2.16 bits per heavy atom. The average Bonchev–Trinajstić information content (AvgIpc) is 2.35. The van der Waals surface area contributed by atoms with Crippen LogP contribution in [0.1, 0.15) is 38.1 Å². The van der Waals surface area contributed by atoms with Gasteiger partial charge in [0, 0.05) is 12.7 Å². The molecular weight excluding hydrogens is 244 g/mol. The fraction of sp³-hybridized carbons (Fsp3) is 0.571. The topological polar surface area (TPSA) is 71.5 Å². The Kier molecular flexibility index (Phi) is 5.30. The van der Waals surface area contributed by atoms with Crippen molar-refractivity contribution < 1.29 is 14.6 Å². The van der Waals surface area contributed by atoms with Crippen LogP contribution >= 0.6 is 0 Å². The number of hydrogen-bond acceptors (Lipinski definition) is 5. The molecule has 0 saturated heterocycles. The maximum atomic E-state index is 11.4. The Morgan fingerprint density at radius 1 is 1.47 bits per heavy atom. The van der Waals surface area contributed by atoms with Gasteiger partial charge in [-0.15, -0.1) is 0 Å². The second kappa shape index (κ2) is 6.52. The summed E-state index contributed by atoms with van der Waals surface area (Å²) in [5.74, 6) is 0.243. The highest BCUT2D eigenvalue weighted by Gasteiger charge is 2.21.